The van der Waals surface area contributed by atoms with Crippen molar-refractivity contribution in [2.75, 3.05) is 12.7 Å². The topological polar surface area (TPSA) is 103 Å². The molecule has 2 aromatic rings. The van der Waals surface area contributed by atoms with Crippen molar-refractivity contribution in [1.82, 2.24) is 10.4 Å². The molecule has 32 heavy (non-hydrogen) atoms. The third kappa shape index (κ3) is 7.70. The Bertz CT molecular complexity index is 921. The molecule has 0 bridgehead atoms. The van der Waals surface area contributed by atoms with Crippen molar-refractivity contribution in [2.45, 2.75) is 44.9 Å². The molecule has 0 heterocycles. The molecule has 0 saturated heterocycles. The lowest BCUT2D eigenvalue weighted by atomic mass is 9.96. The second kappa shape index (κ2) is 11.7. The number of carbonyl (C=O) groups is 2. The number of ether oxygens (including phenoxy) is 2. The Kier molecular flexibility index (Phi) is 8.71. The van der Waals surface area contributed by atoms with E-state index < -0.39 is 25.6 Å². The molecule has 8 nitrogen and oxygen atoms in total. The molecule has 3 rings (SSSR count). The molecule has 1 saturated carbocycles. The fourth-order valence-electron chi connectivity index (χ4n) is 2.97. The highest BCUT2D eigenvalue weighted by molar-refractivity contribution is 7.57. The van der Waals surface area contributed by atoms with E-state index in [9.17, 15) is 14.2 Å². The first kappa shape index (κ1) is 23.8. The van der Waals surface area contributed by atoms with Crippen LogP contribution in [0, 0.1) is 0 Å². The maximum Gasteiger partial charge on any atom is 0.407 e. The van der Waals surface area contributed by atoms with Crippen LogP contribution in [0.4, 0.5) is 4.79 Å². The number of alkyl carbamates (subject to hydrolysis) is 1. The van der Waals surface area contributed by atoms with Crippen molar-refractivity contribution in [3.05, 3.63) is 66.2 Å². The number of hydrogen-bond donors (Lipinski definition) is 2. The van der Waals surface area contributed by atoms with Crippen LogP contribution in [-0.2, 0) is 25.4 Å². The van der Waals surface area contributed by atoms with Crippen LogP contribution >= 0.6 is 7.52 Å². The van der Waals surface area contributed by atoms with Crippen molar-refractivity contribution in [3.8, 4) is 5.75 Å². The van der Waals surface area contributed by atoms with Crippen LogP contribution in [0.5, 0.6) is 5.75 Å². The zero-order valence-corrected chi connectivity index (χ0v) is 19.0. The predicted octanol–water partition coefficient (Wildman–Crippen LogP) is 4.26. The lowest BCUT2D eigenvalue weighted by Gasteiger charge is -2.28. The average molecular weight is 460 g/mol. The molecule has 1 aliphatic carbocycles. The number of amides is 1. The van der Waals surface area contributed by atoms with Gasteiger partial charge < -0.3 is 19.3 Å². The van der Waals surface area contributed by atoms with Gasteiger partial charge in [0.2, 0.25) is 0 Å². The summed E-state index contributed by atoms with van der Waals surface area (Å²) in [5.41, 5.74) is 0.862. The van der Waals surface area contributed by atoms with Gasteiger partial charge in [0.15, 0.2) is 0 Å². The van der Waals surface area contributed by atoms with Gasteiger partial charge >= 0.3 is 19.6 Å². The zero-order chi connectivity index (χ0) is 22.8. The number of rotatable bonds is 11. The Morgan fingerprint density at radius 2 is 1.72 bits per heavy atom. The van der Waals surface area contributed by atoms with E-state index in [1.54, 1.807) is 31.2 Å². The average Bonchev–Trinajstić information content (AvgIpc) is 2.76. The molecular weight excluding hydrogens is 431 g/mol. The summed E-state index contributed by atoms with van der Waals surface area (Å²) in [5, 5.41) is 5.37. The van der Waals surface area contributed by atoms with Crippen molar-refractivity contribution in [2.24, 2.45) is 0 Å². The van der Waals surface area contributed by atoms with Gasteiger partial charge in [-0.05, 0) is 43.9 Å². The molecule has 172 valence electrons. The highest BCUT2D eigenvalue weighted by atomic mass is 31.2. The maximum absolute atomic E-state index is 13.5. The van der Waals surface area contributed by atoms with Crippen LogP contribution in [0.3, 0.4) is 0 Å². The van der Waals surface area contributed by atoms with Crippen LogP contribution in [0.15, 0.2) is 60.7 Å². The quantitative estimate of drug-likeness (QED) is 0.382. The van der Waals surface area contributed by atoms with Gasteiger partial charge in [-0.15, -0.1) is 0 Å². The Morgan fingerprint density at radius 3 is 2.34 bits per heavy atom. The van der Waals surface area contributed by atoms with Gasteiger partial charge in [-0.2, -0.15) is 0 Å². The summed E-state index contributed by atoms with van der Waals surface area (Å²) in [4.78, 5) is 24.3. The molecule has 1 aliphatic rings. The lowest BCUT2D eigenvalue weighted by Crippen LogP contribution is -2.39. The van der Waals surface area contributed by atoms with E-state index in [2.05, 4.69) is 10.4 Å². The Hall–Kier alpha value is -2.83. The van der Waals surface area contributed by atoms with E-state index in [0.29, 0.717) is 5.75 Å². The highest BCUT2D eigenvalue weighted by Gasteiger charge is 2.32. The molecule has 1 fully saturated rings. The number of benzene rings is 2. The van der Waals surface area contributed by atoms with Gasteiger partial charge in [0.25, 0.3) is 0 Å². The highest BCUT2D eigenvalue weighted by Crippen LogP contribution is 2.43. The van der Waals surface area contributed by atoms with E-state index in [-0.39, 0.29) is 25.4 Å². The van der Waals surface area contributed by atoms with Crippen molar-refractivity contribution >= 4 is 19.6 Å². The predicted molar refractivity (Wildman–Crippen MR) is 121 cm³/mol. The molecule has 0 radical (unpaired) electrons. The summed E-state index contributed by atoms with van der Waals surface area (Å²) in [6.07, 6.45) is 2.02. The normalized spacial score (nSPS) is 16.2. The molecule has 9 heteroatoms. The first-order valence-corrected chi connectivity index (χ1v) is 12.5. The lowest BCUT2D eigenvalue weighted by molar-refractivity contribution is -0.154. The second-order valence-electron chi connectivity index (χ2n) is 7.63. The number of para-hydroxylation sites is 1. The minimum Gasteiger partial charge on any atom is -0.461 e. The largest absolute Gasteiger partial charge is 0.461 e. The Labute approximate surface area is 188 Å². The standard InChI is InChI=1S/C23H29N2O6P/c1-18(22(26)30-20-13-8-14-20)25-32(28,31-21-11-6-3-7-12-21)16-15-24-23(27)29-17-19-9-4-2-5-10-19/h2-7,9-12,18,20H,8,13-17H2,1H3,(H,24,27)(H,25,28)/t18-,32?/m0/s1. The van der Waals surface area contributed by atoms with Crippen LogP contribution < -0.4 is 14.9 Å². The first-order chi connectivity index (χ1) is 15.4. The number of nitrogens with one attached hydrogen (secondary N) is 2. The molecule has 2 atom stereocenters. The first-order valence-electron chi connectivity index (χ1n) is 10.7. The van der Waals surface area contributed by atoms with Gasteiger partial charge in [0.05, 0.1) is 6.16 Å². The monoisotopic (exact) mass is 460 g/mol. The van der Waals surface area contributed by atoms with Crippen molar-refractivity contribution in [1.29, 1.82) is 0 Å². The summed E-state index contributed by atoms with van der Waals surface area (Å²) >= 11 is 0. The van der Waals surface area contributed by atoms with E-state index in [4.69, 9.17) is 14.0 Å². The smallest absolute Gasteiger partial charge is 0.407 e. The minimum absolute atomic E-state index is 0.0368. The summed E-state index contributed by atoms with van der Waals surface area (Å²) in [6, 6.07) is 17.1. The fourth-order valence-corrected chi connectivity index (χ4v) is 4.81. The molecule has 0 spiro atoms. The summed E-state index contributed by atoms with van der Waals surface area (Å²) in [7, 11) is -3.54. The molecule has 0 aromatic heterocycles. The SMILES string of the molecule is C[C@H](NP(=O)(CCNC(=O)OCc1ccccc1)Oc1ccccc1)C(=O)OC1CCC1. The molecular formula is C23H29N2O6P. The third-order valence-electron chi connectivity index (χ3n) is 4.96. The Morgan fingerprint density at radius 1 is 1.06 bits per heavy atom. The minimum atomic E-state index is -3.54. The van der Waals surface area contributed by atoms with Crippen molar-refractivity contribution < 1.29 is 28.2 Å². The Balaban J connectivity index is 1.53. The van der Waals surface area contributed by atoms with Crippen LogP contribution in [0.25, 0.3) is 0 Å². The molecule has 1 unspecified atom stereocenters. The van der Waals surface area contributed by atoms with Gasteiger partial charge in [-0.25, -0.2) is 9.88 Å². The summed E-state index contributed by atoms with van der Waals surface area (Å²) in [6.45, 7) is 1.76. The number of esters is 1. The van der Waals surface area contributed by atoms with Crippen LogP contribution in [0.1, 0.15) is 31.7 Å². The van der Waals surface area contributed by atoms with Gasteiger partial charge in [-0.3, -0.25) is 9.36 Å². The van der Waals surface area contributed by atoms with E-state index in [0.717, 1.165) is 24.8 Å². The van der Waals surface area contributed by atoms with Gasteiger partial charge in [-0.1, -0.05) is 48.5 Å². The van der Waals surface area contributed by atoms with Crippen molar-refractivity contribution in [3.63, 3.8) is 0 Å². The van der Waals surface area contributed by atoms with Crippen LogP contribution in [0.2, 0.25) is 0 Å². The fraction of sp³-hybridized carbons (Fsp3) is 0.391. The third-order valence-corrected chi connectivity index (χ3v) is 7.06. The maximum atomic E-state index is 13.5. The van der Waals surface area contributed by atoms with Gasteiger partial charge in [0.1, 0.15) is 24.5 Å². The van der Waals surface area contributed by atoms with E-state index in [1.807, 2.05) is 36.4 Å². The van der Waals surface area contributed by atoms with E-state index >= 15 is 0 Å². The molecule has 0 aliphatic heterocycles. The summed E-state index contributed by atoms with van der Waals surface area (Å²) < 4.78 is 29.8. The molecule has 2 N–H and O–H groups in total. The zero-order valence-electron chi connectivity index (χ0n) is 18.1. The molecule has 2 aromatic carbocycles. The van der Waals surface area contributed by atoms with E-state index in [1.165, 1.54) is 0 Å². The second-order valence-corrected chi connectivity index (χ2v) is 9.87. The number of carbonyl (C=O) groups excluding carboxylic acids is 2. The number of hydrogen-bond acceptors (Lipinski definition) is 6. The summed E-state index contributed by atoms with van der Waals surface area (Å²) in [5.74, 6) is -0.0728. The van der Waals surface area contributed by atoms with Crippen LogP contribution in [-0.4, -0.2) is 36.9 Å². The molecule has 1 amide bonds. The van der Waals surface area contributed by atoms with Gasteiger partial charge in [0, 0.05) is 6.54 Å².